The van der Waals surface area contributed by atoms with Gasteiger partial charge >= 0.3 is 0 Å². The molecule has 0 aromatic heterocycles. The molecule has 2 heteroatoms. The first-order valence-electron chi connectivity index (χ1n) is 4.10. The van der Waals surface area contributed by atoms with Crippen LogP contribution in [-0.2, 0) is 0 Å². The second-order valence-electron chi connectivity index (χ2n) is 2.98. The monoisotopic (exact) mass is 202 g/mol. The van der Waals surface area contributed by atoms with E-state index in [9.17, 15) is 0 Å². The summed E-state index contributed by atoms with van der Waals surface area (Å²) >= 11 is 11.7. The van der Waals surface area contributed by atoms with Crippen molar-refractivity contribution in [1.29, 1.82) is 0 Å². The fourth-order valence-corrected chi connectivity index (χ4v) is 1.36. The second kappa shape index (κ2) is 4.15. The van der Waals surface area contributed by atoms with Crippen LogP contribution in [0.15, 0.2) is 18.2 Å². The summed E-state index contributed by atoms with van der Waals surface area (Å²) in [6.07, 6.45) is 1.12. The van der Waals surface area contributed by atoms with Gasteiger partial charge in [0.15, 0.2) is 0 Å². The van der Waals surface area contributed by atoms with Gasteiger partial charge in [-0.2, -0.15) is 0 Å². The van der Waals surface area contributed by atoms with Crippen molar-refractivity contribution in [2.75, 3.05) is 0 Å². The van der Waals surface area contributed by atoms with Gasteiger partial charge in [0, 0.05) is 0 Å². The van der Waals surface area contributed by atoms with Crippen molar-refractivity contribution in [2.24, 2.45) is 0 Å². The number of halogens is 2. The molecule has 0 aliphatic rings. The van der Waals surface area contributed by atoms with Crippen molar-refractivity contribution < 1.29 is 0 Å². The van der Waals surface area contributed by atoms with Gasteiger partial charge in [0.05, 0.1) is 10.0 Å². The van der Waals surface area contributed by atoms with Crippen LogP contribution in [0.1, 0.15) is 31.7 Å². The van der Waals surface area contributed by atoms with Crippen LogP contribution in [-0.4, -0.2) is 0 Å². The lowest BCUT2D eigenvalue weighted by atomic mass is 9.99. The SMILES string of the molecule is CC[C@@H](C)c1ccc(Cl)c(Cl)c1. The number of hydrogen-bond acceptors (Lipinski definition) is 0. The Hall–Kier alpha value is -0.200. The molecule has 0 bridgehead atoms. The summed E-state index contributed by atoms with van der Waals surface area (Å²) in [6.45, 7) is 4.34. The van der Waals surface area contributed by atoms with E-state index in [1.165, 1.54) is 5.56 Å². The van der Waals surface area contributed by atoms with Crippen LogP contribution >= 0.6 is 23.2 Å². The van der Waals surface area contributed by atoms with Gasteiger partial charge in [-0.3, -0.25) is 0 Å². The highest BCUT2D eigenvalue weighted by Gasteiger charge is 2.04. The maximum atomic E-state index is 5.88. The summed E-state index contributed by atoms with van der Waals surface area (Å²) in [5.41, 5.74) is 1.26. The third kappa shape index (κ3) is 2.15. The highest BCUT2D eigenvalue weighted by Crippen LogP contribution is 2.27. The smallest absolute Gasteiger partial charge is 0.0595 e. The predicted octanol–water partition coefficient (Wildman–Crippen LogP) is 4.51. The standard InChI is InChI=1S/C10H12Cl2/c1-3-7(2)8-4-5-9(11)10(12)6-8/h4-7H,3H2,1-2H3/t7-/m1/s1. The molecule has 0 fully saturated rings. The van der Waals surface area contributed by atoms with Crippen molar-refractivity contribution in [2.45, 2.75) is 26.2 Å². The van der Waals surface area contributed by atoms with Crippen LogP contribution in [0.25, 0.3) is 0 Å². The van der Waals surface area contributed by atoms with Gasteiger partial charge in [0.2, 0.25) is 0 Å². The minimum absolute atomic E-state index is 0.555. The van der Waals surface area contributed by atoms with Crippen LogP contribution in [0.5, 0.6) is 0 Å². The normalized spacial score (nSPS) is 13.0. The van der Waals surface area contributed by atoms with Crippen molar-refractivity contribution in [3.8, 4) is 0 Å². The van der Waals surface area contributed by atoms with Crippen LogP contribution < -0.4 is 0 Å². The highest BCUT2D eigenvalue weighted by atomic mass is 35.5. The Kier molecular flexibility index (Phi) is 3.42. The molecule has 66 valence electrons. The predicted molar refractivity (Wildman–Crippen MR) is 55.2 cm³/mol. The van der Waals surface area contributed by atoms with E-state index in [4.69, 9.17) is 23.2 Å². The van der Waals surface area contributed by atoms with Gasteiger partial charge in [0.25, 0.3) is 0 Å². The fourth-order valence-electron chi connectivity index (χ4n) is 1.05. The molecule has 0 aliphatic carbocycles. The molecular weight excluding hydrogens is 191 g/mol. The second-order valence-corrected chi connectivity index (χ2v) is 3.80. The van der Waals surface area contributed by atoms with Crippen LogP contribution in [0, 0.1) is 0 Å². The van der Waals surface area contributed by atoms with Crippen molar-refractivity contribution >= 4 is 23.2 Å². The first-order chi connectivity index (χ1) is 5.65. The molecule has 0 saturated heterocycles. The molecule has 1 rings (SSSR count). The Labute approximate surface area is 83.5 Å². The molecular formula is C10H12Cl2. The van der Waals surface area contributed by atoms with E-state index in [2.05, 4.69) is 13.8 Å². The summed E-state index contributed by atoms with van der Waals surface area (Å²) in [6, 6.07) is 5.83. The van der Waals surface area contributed by atoms with Gasteiger partial charge in [-0.05, 0) is 30.0 Å². The summed E-state index contributed by atoms with van der Waals surface area (Å²) in [5.74, 6) is 0.555. The summed E-state index contributed by atoms with van der Waals surface area (Å²) in [5, 5.41) is 1.28. The zero-order valence-electron chi connectivity index (χ0n) is 7.27. The zero-order valence-corrected chi connectivity index (χ0v) is 8.78. The summed E-state index contributed by atoms with van der Waals surface area (Å²) in [7, 11) is 0. The highest BCUT2D eigenvalue weighted by molar-refractivity contribution is 6.42. The Balaban J connectivity index is 2.96. The molecule has 0 radical (unpaired) electrons. The Morgan fingerprint density at radius 3 is 2.42 bits per heavy atom. The van der Waals surface area contributed by atoms with Gasteiger partial charge in [0.1, 0.15) is 0 Å². The molecule has 1 aromatic rings. The number of rotatable bonds is 2. The van der Waals surface area contributed by atoms with E-state index in [1.807, 2.05) is 18.2 Å². The minimum Gasteiger partial charge on any atom is -0.0827 e. The van der Waals surface area contributed by atoms with E-state index < -0.39 is 0 Å². The lowest BCUT2D eigenvalue weighted by Crippen LogP contribution is -1.90. The Bertz CT molecular complexity index is 269. The molecule has 0 heterocycles. The summed E-state index contributed by atoms with van der Waals surface area (Å²) in [4.78, 5) is 0. The molecule has 0 aliphatic heterocycles. The maximum absolute atomic E-state index is 5.88. The topological polar surface area (TPSA) is 0 Å². The lowest BCUT2D eigenvalue weighted by Gasteiger charge is -2.09. The number of hydrogen-bond donors (Lipinski definition) is 0. The Morgan fingerprint density at radius 2 is 1.92 bits per heavy atom. The van der Waals surface area contributed by atoms with Crippen LogP contribution in [0.4, 0.5) is 0 Å². The first-order valence-corrected chi connectivity index (χ1v) is 4.85. The average molecular weight is 203 g/mol. The first kappa shape index (κ1) is 9.88. The van der Waals surface area contributed by atoms with Gasteiger partial charge in [-0.15, -0.1) is 0 Å². The quantitative estimate of drug-likeness (QED) is 0.663. The van der Waals surface area contributed by atoms with Gasteiger partial charge in [-0.25, -0.2) is 0 Å². The molecule has 0 unspecified atom stereocenters. The van der Waals surface area contributed by atoms with E-state index in [0.717, 1.165) is 6.42 Å². The van der Waals surface area contributed by atoms with Crippen LogP contribution in [0.2, 0.25) is 10.0 Å². The molecule has 0 nitrogen and oxygen atoms in total. The molecule has 0 amide bonds. The molecule has 12 heavy (non-hydrogen) atoms. The number of benzene rings is 1. The van der Waals surface area contributed by atoms with E-state index in [-0.39, 0.29) is 0 Å². The van der Waals surface area contributed by atoms with Gasteiger partial charge < -0.3 is 0 Å². The summed E-state index contributed by atoms with van der Waals surface area (Å²) < 4.78 is 0. The van der Waals surface area contributed by atoms with Crippen LogP contribution in [0.3, 0.4) is 0 Å². The fraction of sp³-hybridized carbons (Fsp3) is 0.400. The molecule has 1 aromatic carbocycles. The van der Waals surface area contributed by atoms with Crippen molar-refractivity contribution in [3.05, 3.63) is 33.8 Å². The van der Waals surface area contributed by atoms with E-state index >= 15 is 0 Å². The molecule has 0 saturated carbocycles. The van der Waals surface area contributed by atoms with Gasteiger partial charge in [-0.1, -0.05) is 43.1 Å². The average Bonchev–Trinajstić information content (AvgIpc) is 2.08. The van der Waals surface area contributed by atoms with E-state index in [0.29, 0.717) is 16.0 Å². The molecule has 0 N–H and O–H groups in total. The zero-order chi connectivity index (χ0) is 9.14. The van der Waals surface area contributed by atoms with Crippen molar-refractivity contribution in [3.63, 3.8) is 0 Å². The Morgan fingerprint density at radius 1 is 1.25 bits per heavy atom. The minimum atomic E-state index is 0.555. The largest absolute Gasteiger partial charge is 0.0827 e. The van der Waals surface area contributed by atoms with E-state index in [1.54, 1.807) is 0 Å². The third-order valence-corrected chi connectivity index (χ3v) is 2.86. The maximum Gasteiger partial charge on any atom is 0.0595 e. The molecule has 0 spiro atoms. The molecule has 1 atom stereocenters. The van der Waals surface area contributed by atoms with Crippen molar-refractivity contribution in [1.82, 2.24) is 0 Å². The third-order valence-electron chi connectivity index (χ3n) is 2.13. The lowest BCUT2D eigenvalue weighted by molar-refractivity contribution is 0.734.